The standard InChI is InChI=1S/C15H22N4O.2ClH/c20-14(11-2-1-3-11)19-9-4-12-13(18-10-17-12)15(19)5-7-16-8-6-15;;/h10-11,16H,1-9H2,(H,17,18);2*1H. The van der Waals surface area contributed by atoms with E-state index in [9.17, 15) is 4.79 Å². The van der Waals surface area contributed by atoms with Crippen molar-refractivity contribution in [2.24, 2.45) is 5.92 Å². The van der Waals surface area contributed by atoms with Crippen LogP contribution < -0.4 is 5.32 Å². The Hall–Kier alpha value is -0.780. The number of aromatic nitrogens is 2. The Morgan fingerprint density at radius 1 is 1.27 bits per heavy atom. The van der Waals surface area contributed by atoms with E-state index in [0.717, 1.165) is 57.4 Å². The Kier molecular flexibility index (Phi) is 5.41. The van der Waals surface area contributed by atoms with E-state index in [-0.39, 0.29) is 36.3 Å². The van der Waals surface area contributed by atoms with Crippen LogP contribution in [0.2, 0.25) is 0 Å². The fourth-order valence-corrected chi connectivity index (χ4v) is 4.02. The van der Waals surface area contributed by atoms with Crippen molar-refractivity contribution in [3.63, 3.8) is 0 Å². The summed E-state index contributed by atoms with van der Waals surface area (Å²) in [4.78, 5) is 22.9. The molecule has 1 aromatic rings. The van der Waals surface area contributed by atoms with Crippen molar-refractivity contribution in [1.82, 2.24) is 20.2 Å². The number of hydrogen-bond donors (Lipinski definition) is 2. The minimum absolute atomic E-state index is 0. The van der Waals surface area contributed by atoms with Gasteiger partial charge in [-0.05, 0) is 38.8 Å². The highest BCUT2D eigenvalue weighted by molar-refractivity contribution is 5.85. The molecular weight excluding hydrogens is 323 g/mol. The van der Waals surface area contributed by atoms with Crippen LogP contribution in [0.3, 0.4) is 0 Å². The highest BCUT2D eigenvalue weighted by atomic mass is 35.5. The number of halogens is 2. The number of H-pyrrole nitrogens is 1. The van der Waals surface area contributed by atoms with Gasteiger partial charge in [0.2, 0.25) is 5.91 Å². The fraction of sp³-hybridized carbons (Fsp3) is 0.733. The quantitative estimate of drug-likeness (QED) is 0.817. The number of nitrogens with zero attached hydrogens (tertiary/aromatic N) is 2. The van der Waals surface area contributed by atoms with Crippen LogP contribution in [0.15, 0.2) is 6.33 Å². The maximum Gasteiger partial charge on any atom is 0.226 e. The summed E-state index contributed by atoms with van der Waals surface area (Å²) in [5.74, 6) is 0.661. The molecule has 1 aliphatic carbocycles. The number of rotatable bonds is 1. The van der Waals surface area contributed by atoms with Crippen LogP contribution in [0.5, 0.6) is 0 Å². The Morgan fingerprint density at radius 2 is 2.00 bits per heavy atom. The molecule has 0 radical (unpaired) electrons. The van der Waals surface area contributed by atoms with Gasteiger partial charge in [-0.1, -0.05) is 6.42 Å². The molecular formula is C15H24Cl2N4O. The first-order valence-electron chi connectivity index (χ1n) is 7.86. The third-order valence-corrected chi connectivity index (χ3v) is 5.41. The normalized spacial score (nSPS) is 23.0. The predicted octanol–water partition coefficient (Wildman–Crippen LogP) is 2.02. The molecule has 0 aromatic carbocycles. The molecule has 2 aliphatic heterocycles. The largest absolute Gasteiger partial charge is 0.348 e. The van der Waals surface area contributed by atoms with Gasteiger partial charge in [0, 0.05) is 24.6 Å². The Morgan fingerprint density at radius 3 is 2.64 bits per heavy atom. The van der Waals surface area contributed by atoms with Crippen LogP contribution in [0, 0.1) is 5.92 Å². The van der Waals surface area contributed by atoms with Gasteiger partial charge in [-0.25, -0.2) is 4.98 Å². The molecule has 22 heavy (non-hydrogen) atoms. The van der Waals surface area contributed by atoms with Crippen molar-refractivity contribution in [2.45, 2.75) is 44.1 Å². The van der Waals surface area contributed by atoms with Gasteiger partial charge in [0.25, 0.3) is 0 Å². The minimum atomic E-state index is -0.147. The Labute approximate surface area is 143 Å². The van der Waals surface area contributed by atoms with E-state index in [1.54, 1.807) is 6.33 Å². The number of amides is 1. The van der Waals surface area contributed by atoms with Gasteiger partial charge in [-0.3, -0.25) is 4.79 Å². The second-order valence-corrected chi connectivity index (χ2v) is 6.38. The summed E-state index contributed by atoms with van der Waals surface area (Å²) in [6.45, 7) is 2.80. The highest BCUT2D eigenvalue weighted by Gasteiger charge is 2.49. The molecule has 0 bridgehead atoms. The summed E-state index contributed by atoms with van der Waals surface area (Å²) in [6.07, 6.45) is 8.07. The fourth-order valence-electron chi connectivity index (χ4n) is 4.02. The molecule has 7 heteroatoms. The summed E-state index contributed by atoms with van der Waals surface area (Å²) in [5, 5.41) is 3.42. The lowest BCUT2D eigenvalue weighted by Crippen LogP contribution is -2.59. The van der Waals surface area contributed by atoms with E-state index in [1.807, 2.05) is 0 Å². The minimum Gasteiger partial charge on any atom is -0.348 e. The zero-order chi connectivity index (χ0) is 13.6. The molecule has 2 N–H and O–H groups in total. The van der Waals surface area contributed by atoms with Crippen molar-refractivity contribution in [2.75, 3.05) is 19.6 Å². The van der Waals surface area contributed by atoms with Crippen LogP contribution in [0.25, 0.3) is 0 Å². The molecule has 1 amide bonds. The molecule has 3 heterocycles. The molecule has 1 saturated heterocycles. The summed E-state index contributed by atoms with van der Waals surface area (Å²) < 4.78 is 0. The van der Waals surface area contributed by atoms with Gasteiger partial charge >= 0.3 is 0 Å². The number of hydrogen-bond acceptors (Lipinski definition) is 3. The second kappa shape index (κ2) is 6.77. The highest BCUT2D eigenvalue weighted by Crippen LogP contribution is 2.43. The summed E-state index contributed by atoms with van der Waals surface area (Å²) >= 11 is 0. The maximum absolute atomic E-state index is 12.9. The van der Waals surface area contributed by atoms with Gasteiger partial charge in [0.1, 0.15) is 0 Å². The number of carbonyl (C=O) groups excluding carboxylic acids is 1. The molecule has 4 rings (SSSR count). The van der Waals surface area contributed by atoms with Crippen molar-refractivity contribution in [3.05, 3.63) is 17.7 Å². The molecule has 124 valence electrons. The van der Waals surface area contributed by atoms with Crippen LogP contribution in [-0.4, -0.2) is 40.4 Å². The number of carbonyl (C=O) groups is 1. The van der Waals surface area contributed by atoms with Crippen molar-refractivity contribution >= 4 is 30.7 Å². The van der Waals surface area contributed by atoms with Gasteiger partial charge in [-0.2, -0.15) is 0 Å². The number of imidazole rings is 1. The van der Waals surface area contributed by atoms with Crippen LogP contribution >= 0.6 is 24.8 Å². The number of piperidine rings is 1. The lowest BCUT2D eigenvalue weighted by atomic mass is 9.76. The van der Waals surface area contributed by atoms with E-state index in [0.29, 0.717) is 5.91 Å². The lowest BCUT2D eigenvalue weighted by Gasteiger charge is -2.50. The van der Waals surface area contributed by atoms with Crippen LogP contribution in [0.1, 0.15) is 43.5 Å². The number of fused-ring (bicyclic) bond motifs is 2. The second-order valence-electron chi connectivity index (χ2n) is 6.38. The Balaban J connectivity index is 0.000000882. The number of aromatic amines is 1. The zero-order valence-corrected chi connectivity index (χ0v) is 14.3. The molecule has 1 spiro atoms. The molecule has 5 nitrogen and oxygen atoms in total. The average Bonchev–Trinajstić information content (AvgIpc) is 2.87. The molecule has 0 atom stereocenters. The van der Waals surface area contributed by atoms with Crippen molar-refractivity contribution in [3.8, 4) is 0 Å². The van der Waals surface area contributed by atoms with Crippen LogP contribution in [0.4, 0.5) is 0 Å². The zero-order valence-electron chi connectivity index (χ0n) is 12.6. The maximum atomic E-state index is 12.9. The summed E-state index contributed by atoms with van der Waals surface area (Å²) in [7, 11) is 0. The van der Waals surface area contributed by atoms with Gasteiger partial charge in [0.05, 0.1) is 17.6 Å². The first kappa shape index (κ1) is 17.6. The van der Waals surface area contributed by atoms with E-state index in [4.69, 9.17) is 0 Å². The summed E-state index contributed by atoms with van der Waals surface area (Å²) in [6, 6.07) is 0. The monoisotopic (exact) mass is 346 g/mol. The smallest absolute Gasteiger partial charge is 0.226 e. The van der Waals surface area contributed by atoms with E-state index >= 15 is 0 Å². The van der Waals surface area contributed by atoms with Gasteiger partial charge in [0.15, 0.2) is 0 Å². The third-order valence-electron chi connectivity index (χ3n) is 5.41. The first-order valence-corrected chi connectivity index (χ1v) is 7.86. The average molecular weight is 347 g/mol. The van der Waals surface area contributed by atoms with Gasteiger partial charge < -0.3 is 15.2 Å². The SMILES string of the molecule is Cl.Cl.O=C(C1CCC1)N1CCc2[nH]cnc2C12CCNCC2. The van der Waals surface area contributed by atoms with Crippen LogP contribution in [-0.2, 0) is 16.8 Å². The number of nitrogens with one attached hydrogen (secondary N) is 2. The molecule has 1 saturated carbocycles. The first-order chi connectivity index (χ1) is 9.81. The predicted molar refractivity (Wildman–Crippen MR) is 89.6 cm³/mol. The van der Waals surface area contributed by atoms with E-state index < -0.39 is 0 Å². The van der Waals surface area contributed by atoms with Gasteiger partial charge in [-0.15, -0.1) is 24.8 Å². The summed E-state index contributed by atoms with van der Waals surface area (Å²) in [5.41, 5.74) is 2.23. The molecule has 3 aliphatic rings. The molecule has 2 fully saturated rings. The van der Waals surface area contributed by atoms with E-state index in [2.05, 4.69) is 20.2 Å². The Bertz CT molecular complexity index is 523. The topological polar surface area (TPSA) is 61.0 Å². The molecule has 0 unspecified atom stereocenters. The lowest BCUT2D eigenvalue weighted by molar-refractivity contribution is -0.148. The van der Waals surface area contributed by atoms with Crippen molar-refractivity contribution in [1.29, 1.82) is 0 Å². The van der Waals surface area contributed by atoms with E-state index in [1.165, 1.54) is 12.1 Å². The van der Waals surface area contributed by atoms with Crippen molar-refractivity contribution < 1.29 is 4.79 Å². The third kappa shape index (κ3) is 2.53. The molecule has 1 aromatic heterocycles.